The molecule has 70 valence electrons. The molecule has 1 atom stereocenters. The third-order valence-electron chi connectivity index (χ3n) is 1.98. The summed E-state index contributed by atoms with van der Waals surface area (Å²) in [6.45, 7) is 0. The van der Waals surface area contributed by atoms with E-state index < -0.39 is 0 Å². The average Bonchev–Trinajstić information content (AvgIpc) is 2.30. The van der Waals surface area contributed by atoms with Crippen LogP contribution in [0.5, 0.6) is 0 Å². The van der Waals surface area contributed by atoms with Gasteiger partial charge in [0.2, 0.25) is 0 Å². The van der Waals surface area contributed by atoms with Gasteiger partial charge in [0.15, 0.2) is 0 Å². The van der Waals surface area contributed by atoms with Crippen LogP contribution in [-0.4, -0.2) is 15.0 Å². The van der Waals surface area contributed by atoms with E-state index in [4.69, 9.17) is 5.73 Å². The Balaban J connectivity index is 2.30. The Morgan fingerprint density at radius 2 is 1.71 bits per heavy atom. The first-order valence-corrected chi connectivity index (χ1v) is 4.28. The molecular formula is C10H10N4. The minimum absolute atomic E-state index is 0.204. The first-order chi connectivity index (χ1) is 6.88. The van der Waals surface area contributed by atoms with Crippen LogP contribution in [-0.2, 0) is 0 Å². The average molecular weight is 186 g/mol. The minimum atomic E-state index is -0.204. The van der Waals surface area contributed by atoms with Gasteiger partial charge in [0.25, 0.3) is 0 Å². The molecule has 0 aliphatic rings. The van der Waals surface area contributed by atoms with Gasteiger partial charge >= 0.3 is 0 Å². The van der Waals surface area contributed by atoms with Crippen molar-refractivity contribution in [1.82, 2.24) is 15.0 Å². The molecule has 2 N–H and O–H groups in total. The van der Waals surface area contributed by atoms with Crippen LogP contribution in [0.3, 0.4) is 0 Å². The molecule has 0 radical (unpaired) electrons. The Hall–Kier alpha value is -1.81. The highest BCUT2D eigenvalue weighted by molar-refractivity contribution is 5.25. The molecule has 2 aromatic rings. The van der Waals surface area contributed by atoms with Gasteiger partial charge in [-0.15, -0.1) is 0 Å². The van der Waals surface area contributed by atoms with Crippen LogP contribution in [0.1, 0.15) is 17.2 Å². The maximum absolute atomic E-state index is 6.00. The lowest BCUT2D eigenvalue weighted by Crippen LogP contribution is -2.12. The van der Waals surface area contributed by atoms with Crippen LogP contribution in [0.25, 0.3) is 0 Å². The van der Waals surface area contributed by atoms with Crippen molar-refractivity contribution in [2.75, 3.05) is 0 Å². The molecule has 4 nitrogen and oxygen atoms in total. The molecule has 0 bridgehead atoms. The van der Waals surface area contributed by atoms with Gasteiger partial charge in [0.1, 0.15) is 6.33 Å². The molecule has 2 rings (SSSR count). The lowest BCUT2D eigenvalue weighted by molar-refractivity contribution is 0.844. The number of aromatic nitrogens is 3. The van der Waals surface area contributed by atoms with Crippen molar-refractivity contribution in [3.05, 3.63) is 54.4 Å². The van der Waals surface area contributed by atoms with Gasteiger partial charge in [-0.3, -0.25) is 4.98 Å². The first-order valence-electron chi connectivity index (χ1n) is 4.28. The van der Waals surface area contributed by atoms with Gasteiger partial charge in [-0.1, -0.05) is 6.07 Å². The molecule has 0 fully saturated rings. The van der Waals surface area contributed by atoms with Crippen LogP contribution in [0.2, 0.25) is 0 Å². The number of hydrogen-bond donors (Lipinski definition) is 1. The molecule has 0 aromatic carbocycles. The zero-order valence-corrected chi connectivity index (χ0v) is 7.54. The van der Waals surface area contributed by atoms with Crippen LogP contribution in [0, 0.1) is 0 Å². The molecule has 4 heteroatoms. The van der Waals surface area contributed by atoms with Crippen molar-refractivity contribution in [1.29, 1.82) is 0 Å². The second-order valence-electron chi connectivity index (χ2n) is 2.94. The van der Waals surface area contributed by atoms with Crippen molar-refractivity contribution < 1.29 is 0 Å². The van der Waals surface area contributed by atoms with Crippen LogP contribution in [0.15, 0.2) is 43.2 Å². The fraction of sp³-hybridized carbons (Fsp3) is 0.100. The summed E-state index contributed by atoms with van der Waals surface area (Å²) in [5.74, 6) is 0. The van der Waals surface area contributed by atoms with Crippen molar-refractivity contribution in [2.45, 2.75) is 6.04 Å². The van der Waals surface area contributed by atoms with E-state index >= 15 is 0 Å². The number of hydrogen-bond acceptors (Lipinski definition) is 4. The second-order valence-corrected chi connectivity index (χ2v) is 2.94. The summed E-state index contributed by atoms with van der Waals surface area (Å²) in [5.41, 5.74) is 7.85. The van der Waals surface area contributed by atoms with E-state index in [1.54, 1.807) is 24.8 Å². The van der Waals surface area contributed by atoms with E-state index in [2.05, 4.69) is 15.0 Å². The lowest BCUT2D eigenvalue weighted by atomic mass is 10.0. The Morgan fingerprint density at radius 1 is 1.00 bits per heavy atom. The summed E-state index contributed by atoms with van der Waals surface area (Å²) < 4.78 is 0. The topological polar surface area (TPSA) is 64.7 Å². The van der Waals surface area contributed by atoms with Crippen LogP contribution >= 0.6 is 0 Å². The highest BCUT2D eigenvalue weighted by Crippen LogP contribution is 2.15. The van der Waals surface area contributed by atoms with Gasteiger partial charge in [0, 0.05) is 30.4 Å². The first kappa shape index (κ1) is 8.77. The Kier molecular flexibility index (Phi) is 2.46. The summed E-state index contributed by atoms with van der Waals surface area (Å²) in [5, 5.41) is 0. The fourth-order valence-corrected chi connectivity index (χ4v) is 1.22. The Bertz CT molecular complexity index is 348. The molecule has 0 spiro atoms. The Labute approximate surface area is 81.9 Å². The number of nitrogens with zero attached hydrogens (tertiary/aromatic N) is 3. The van der Waals surface area contributed by atoms with Gasteiger partial charge in [0.05, 0.1) is 6.04 Å². The smallest absolute Gasteiger partial charge is 0.115 e. The van der Waals surface area contributed by atoms with E-state index in [-0.39, 0.29) is 6.04 Å². The predicted octanol–water partition coefficient (Wildman–Crippen LogP) is 0.920. The molecule has 0 amide bonds. The van der Waals surface area contributed by atoms with Gasteiger partial charge in [-0.2, -0.15) is 0 Å². The van der Waals surface area contributed by atoms with Gasteiger partial charge < -0.3 is 5.73 Å². The van der Waals surface area contributed by atoms with E-state index in [0.29, 0.717) is 0 Å². The lowest BCUT2D eigenvalue weighted by Gasteiger charge is -2.09. The molecule has 0 saturated heterocycles. The van der Waals surface area contributed by atoms with Crippen molar-refractivity contribution in [2.24, 2.45) is 5.73 Å². The molecule has 0 aliphatic carbocycles. The molecule has 0 aliphatic heterocycles. The minimum Gasteiger partial charge on any atom is -0.320 e. The normalized spacial score (nSPS) is 12.4. The third-order valence-corrected chi connectivity index (χ3v) is 1.98. The van der Waals surface area contributed by atoms with Crippen LogP contribution < -0.4 is 5.73 Å². The van der Waals surface area contributed by atoms with Crippen molar-refractivity contribution in [3.63, 3.8) is 0 Å². The predicted molar refractivity (Wildman–Crippen MR) is 52.3 cm³/mol. The SMILES string of the molecule is NC(c1cccnc1)c1cncnc1. The fourth-order valence-electron chi connectivity index (χ4n) is 1.22. The molecule has 2 heterocycles. The van der Waals surface area contributed by atoms with Gasteiger partial charge in [-0.05, 0) is 11.6 Å². The molecule has 2 aromatic heterocycles. The zero-order valence-electron chi connectivity index (χ0n) is 7.54. The summed E-state index contributed by atoms with van der Waals surface area (Å²) in [4.78, 5) is 11.8. The standard InChI is InChI=1S/C10H10N4/c11-10(8-2-1-3-12-4-8)9-5-13-7-14-6-9/h1-7,10H,11H2. The molecular weight excluding hydrogens is 176 g/mol. The number of rotatable bonds is 2. The summed E-state index contributed by atoms with van der Waals surface area (Å²) in [6.07, 6.45) is 8.38. The maximum Gasteiger partial charge on any atom is 0.115 e. The summed E-state index contributed by atoms with van der Waals surface area (Å²) >= 11 is 0. The van der Waals surface area contributed by atoms with E-state index in [1.807, 2.05) is 12.1 Å². The third kappa shape index (κ3) is 1.75. The number of pyridine rings is 1. The monoisotopic (exact) mass is 186 g/mol. The summed E-state index contributed by atoms with van der Waals surface area (Å²) in [6, 6.07) is 3.59. The largest absolute Gasteiger partial charge is 0.320 e. The highest BCUT2D eigenvalue weighted by Gasteiger charge is 2.08. The second kappa shape index (κ2) is 3.93. The van der Waals surface area contributed by atoms with Crippen LogP contribution in [0.4, 0.5) is 0 Å². The van der Waals surface area contributed by atoms with Crippen molar-refractivity contribution >= 4 is 0 Å². The summed E-state index contributed by atoms with van der Waals surface area (Å²) in [7, 11) is 0. The molecule has 0 saturated carbocycles. The highest BCUT2D eigenvalue weighted by atomic mass is 14.8. The molecule has 1 unspecified atom stereocenters. The number of nitrogens with two attached hydrogens (primary N) is 1. The maximum atomic E-state index is 6.00. The van der Waals surface area contributed by atoms with E-state index in [9.17, 15) is 0 Å². The van der Waals surface area contributed by atoms with Gasteiger partial charge in [-0.25, -0.2) is 9.97 Å². The molecule has 14 heavy (non-hydrogen) atoms. The van der Waals surface area contributed by atoms with E-state index in [1.165, 1.54) is 6.33 Å². The zero-order chi connectivity index (χ0) is 9.80. The quantitative estimate of drug-likeness (QED) is 0.757. The Morgan fingerprint density at radius 3 is 2.36 bits per heavy atom. The van der Waals surface area contributed by atoms with E-state index in [0.717, 1.165) is 11.1 Å². The van der Waals surface area contributed by atoms with Crippen molar-refractivity contribution in [3.8, 4) is 0 Å².